The van der Waals surface area contributed by atoms with Crippen LogP contribution in [0.4, 0.5) is 11.4 Å². The fourth-order valence-corrected chi connectivity index (χ4v) is 3.77. The van der Waals surface area contributed by atoms with E-state index < -0.39 is 0 Å². The molecular formula is C18H21NS. The summed E-state index contributed by atoms with van der Waals surface area (Å²) in [5.74, 6) is 0. The molecule has 0 bridgehead atoms. The molecule has 3 rings (SSSR count). The lowest BCUT2D eigenvalue weighted by Crippen LogP contribution is -2.39. The lowest BCUT2D eigenvalue weighted by Gasteiger charge is -2.42. The minimum absolute atomic E-state index is 0.0616. The Morgan fingerprint density at radius 1 is 0.800 bits per heavy atom. The molecule has 0 atom stereocenters. The molecule has 0 aliphatic carbocycles. The molecule has 0 aromatic heterocycles. The molecule has 1 aliphatic rings. The van der Waals surface area contributed by atoms with Crippen LogP contribution >= 0.6 is 11.8 Å². The van der Waals surface area contributed by atoms with E-state index in [4.69, 9.17) is 0 Å². The lowest BCUT2D eigenvalue weighted by molar-refractivity contribution is 0.553. The molecule has 0 unspecified atom stereocenters. The van der Waals surface area contributed by atoms with Crippen molar-refractivity contribution in [3.05, 3.63) is 47.5 Å². The van der Waals surface area contributed by atoms with Gasteiger partial charge >= 0.3 is 0 Å². The minimum Gasteiger partial charge on any atom is -0.334 e. The van der Waals surface area contributed by atoms with Gasteiger partial charge in [-0.1, -0.05) is 23.9 Å². The number of fused-ring (bicyclic) bond motifs is 2. The van der Waals surface area contributed by atoms with Gasteiger partial charge in [0, 0.05) is 15.3 Å². The van der Waals surface area contributed by atoms with Crippen molar-refractivity contribution in [1.29, 1.82) is 0 Å². The molecular weight excluding hydrogens is 262 g/mol. The van der Waals surface area contributed by atoms with Crippen LogP contribution in [0.1, 0.15) is 31.9 Å². The van der Waals surface area contributed by atoms with Gasteiger partial charge in [0.05, 0.1) is 11.4 Å². The quantitative estimate of drug-likeness (QED) is 0.609. The van der Waals surface area contributed by atoms with Crippen molar-refractivity contribution in [2.75, 3.05) is 4.90 Å². The Bertz CT molecular complexity index is 616. The van der Waals surface area contributed by atoms with Crippen LogP contribution in [0.25, 0.3) is 0 Å². The first-order valence-corrected chi connectivity index (χ1v) is 7.87. The van der Waals surface area contributed by atoms with E-state index in [1.54, 1.807) is 0 Å². The van der Waals surface area contributed by atoms with Crippen molar-refractivity contribution >= 4 is 23.1 Å². The molecule has 2 heteroatoms. The maximum absolute atomic E-state index is 2.48. The van der Waals surface area contributed by atoms with Crippen molar-refractivity contribution in [1.82, 2.24) is 0 Å². The highest BCUT2D eigenvalue weighted by molar-refractivity contribution is 7.99. The molecule has 2 aromatic rings. The van der Waals surface area contributed by atoms with Crippen molar-refractivity contribution in [3.63, 3.8) is 0 Å². The van der Waals surface area contributed by atoms with Gasteiger partial charge < -0.3 is 4.90 Å². The maximum atomic E-state index is 2.48. The zero-order chi connectivity index (χ0) is 14.5. The van der Waals surface area contributed by atoms with Crippen molar-refractivity contribution in [2.45, 2.75) is 49.9 Å². The second-order valence-corrected chi connectivity index (χ2v) is 7.63. The predicted octanol–water partition coefficient (Wildman–Crippen LogP) is 5.70. The molecule has 104 valence electrons. The third-order valence-electron chi connectivity index (χ3n) is 3.60. The van der Waals surface area contributed by atoms with E-state index in [1.807, 2.05) is 11.8 Å². The van der Waals surface area contributed by atoms with E-state index in [9.17, 15) is 0 Å². The predicted molar refractivity (Wildman–Crippen MR) is 88.4 cm³/mol. The Hall–Kier alpha value is -1.41. The molecule has 0 amide bonds. The molecule has 0 fully saturated rings. The summed E-state index contributed by atoms with van der Waals surface area (Å²) >= 11 is 1.88. The first-order valence-electron chi connectivity index (χ1n) is 7.06. The molecule has 0 radical (unpaired) electrons. The van der Waals surface area contributed by atoms with Gasteiger partial charge in [-0.25, -0.2) is 0 Å². The van der Waals surface area contributed by atoms with Crippen LogP contribution in [0.3, 0.4) is 0 Å². The van der Waals surface area contributed by atoms with Gasteiger partial charge in [0.25, 0.3) is 0 Å². The van der Waals surface area contributed by atoms with Gasteiger partial charge in [-0.2, -0.15) is 0 Å². The highest BCUT2D eigenvalue weighted by atomic mass is 32.2. The van der Waals surface area contributed by atoms with Gasteiger partial charge in [0.15, 0.2) is 0 Å². The number of hydrogen-bond donors (Lipinski definition) is 0. The van der Waals surface area contributed by atoms with Crippen LogP contribution in [0, 0.1) is 13.8 Å². The second kappa shape index (κ2) is 4.56. The van der Waals surface area contributed by atoms with Gasteiger partial charge in [-0.3, -0.25) is 0 Å². The summed E-state index contributed by atoms with van der Waals surface area (Å²) in [6.07, 6.45) is 0. The molecule has 0 saturated carbocycles. The number of nitrogens with zero attached hydrogens (tertiary/aromatic N) is 1. The van der Waals surface area contributed by atoms with Gasteiger partial charge in [0.2, 0.25) is 0 Å². The normalized spacial score (nSPS) is 13.9. The van der Waals surface area contributed by atoms with E-state index >= 15 is 0 Å². The van der Waals surface area contributed by atoms with Gasteiger partial charge in [-0.15, -0.1) is 0 Å². The summed E-state index contributed by atoms with van der Waals surface area (Å²) in [5.41, 5.74) is 5.36. The monoisotopic (exact) mass is 283 g/mol. The maximum Gasteiger partial charge on any atom is 0.0560 e. The summed E-state index contributed by atoms with van der Waals surface area (Å²) in [6, 6.07) is 13.5. The van der Waals surface area contributed by atoms with Crippen LogP contribution in [-0.2, 0) is 0 Å². The molecule has 0 N–H and O–H groups in total. The molecule has 1 nitrogen and oxygen atoms in total. The summed E-state index contributed by atoms with van der Waals surface area (Å²) in [7, 11) is 0. The third kappa shape index (κ3) is 2.22. The third-order valence-corrected chi connectivity index (χ3v) is 4.73. The number of benzene rings is 2. The van der Waals surface area contributed by atoms with E-state index in [-0.39, 0.29) is 5.54 Å². The largest absolute Gasteiger partial charge is 0.334 e. The summed E-state index contributed by atoms with van der Waals surface area (Å²) in [5, 5.41) is 0. The highest BCUT2D eigenvalue weighted by Gasteiger charge is 2.31. The number of rotatable bonds is 0. The van der Waals surface area contributed by atoms with Crippen LogP contribution < -0.4 is 4.90 Å². The highest BCUT2D eigenvalue weighted by Crippen LogP contribution is 2.51. The van der Waals surface area contributed by atoms with Gasteiger partial charge in [0.1, 0.15) is 0 Å². The summed E-state index contributed by atoms with van der Waals surface area (Å²) in [4.78, 5) is 5.18. The Morgan fingerprint density at radius 2 is 1.25 bits per heavy atom. The standard InChI is InChI=1S/C18H21NS/c1-12-6-8-16-14(10-12)19(18(3,4)5)15-11-13(2)7-9-17(15)20-16/h6-11H,1-5H3. The summed E-state index contributed by atoms with van der Waals surface area (Å²) < 4.78 is 0. The minimum atomic E-state index is 0.0616. The Morgan fingerprint density at radius 3 is 1.65 bits per heavy atom. The Labute approximate surface area is 126 Å². The molecule has 2 aromatic carbocycles. The van der Waals surface area contributed by atoms with Crippen LogP contribution in [0.2, 0.25) is 0 Å². The molecule has 0 spiro atoms. The Kier molecular flexibility index (Phi) is 3.09. The average molecular weight is 283 g/mol. The van der Waals surface area contributed by atoms with E-state index in [0.717, 1.165) is 0 Å². The van der Waals surface area contributed by atoms with Crippen molar-refractivity contribution < 1.29 is 0 Å². The molecule has 0 saturated heterocycles. The zero-order valence-electron chi connectivity index (χ0n) is 12.8. The zero-order valence-corrected chi connectivity index (χ0v) is 13.6. The lowest BCUT2D eigenvalue weighted by atomic mass is 10.0. The van der Waals surface area contributed by atoms with Crippen LogP contribution in [0.15, 0.2) is 46.2 Å². The summed E-state index contributed by atoms with van der Waals surface area (Å²) in [6.45, 7) is 11.2. The van der Waals surface area contributed by atoms with Gasteiger partial charge in [-0.05, 0) is 70.0 Å². The SMILES string of the molecule is Cc1ccc2c(c1)N(C(C)(C)C)c1cc(C)ccc1S2. The van der Waals surface area contributed by atoms with E-state index in [2.05, 4.69) is 75.9 Å². The molecule has 1 heterocycles. The number of hydrogen-bond acceptors (Lipinski definition) is 2. The van der Waals surface area contributed by atoms with Crippen LogP contribution in [0.5, 0.6) is 0 Å². The van der Waals surface area contributed by atoms with E-state index in [0.29, 0.717) is 0 Å². The molecule has 1 aliphatic heterocycles. The second-order valence-electron chi connectivity index (χ2n) is 6.55. The number of anilines is 2. The first kappa shape index (κ1) is 13.6. The Balaban J connectivity index is 2.26. The fraction of sp³-hybridized carbons (Fsp3) is 0.333. The topological polar surface area (TPSA) is 3.24 Å². The van der Waals surface area contributed by atoms with E-state index in [1.165, 1.54) is 32.3 Å². The first-order chi connectivity index (χ1) is 9.36. The van der Waals surface area contributed by atoms with Crippen molar-refractivity contribution in [2.24, 2.45) is 0 Å². The average Bonchev–Trinajstić information content (AvgIpc) is 2.34. The van der Waals surface area contributed by atoms with Crippen LogP contribution in [-0.4, -0.2) is 5.54 Å². The van der Waals surface area contributed by atoms with Crippen molar-refractivity contribution in [3.8, 4) is 0 Å². The fourth-order valence-electron chi connectivity index (χ4n) is 2.75. The molecule has 20 heavy (non-hydrogen) atoms. The number of aryl methyl sites for hydroxylation is 2. The smallest absolute Gasteiger partial charge is 0.0560 e.